The average Bonchev–Trinajstić information content (AvgIpc) is 2.43. The quantitative estimate of drug-likeness (QED) is 0.725. The lowest BCUT2D eigenvalue weighted by Gasteiger charge is -2.25. The van der Waals surface area contributed by atoms with Gasteiger partial charge in [0, 0.05) is 12.1 Å². The smallest absolute Gasteiger partial charge is 0.0319 e. The third-order valence-electron chi connectivity index (χ3n) is 4.66. The maximum atomic E-state index is 6.40. The first kappa shape index (κ1) is 18.3. The van der Waals surface area contributed by atoms with Crippen molar-refractivity contribution in [3.63, 3.8) is 0 Å². The summed E-state index contributed by atoms with van der Waals surface area (Å²) in [6.45, 7) is 9.23. The minimum Gasteiger partial charge on any atom is -0.389 e. The molecule has 2 atom stereocenters. The maximum Gasteiger partial charge on any atom is 0.0319 e. The van der Waals surface area contributed by atoms with Crippen molar-refractivity contribution >= 4 is 0 Å². The van der Waals surface area contributed by atoms with Crippen LogP contribution in [0.15, 0.2) is 24.4 Å². The van der Waals surface area contributed by atoms with Crippen LogP contribution < -0.4 is 11.1 Å². The van der Waals surface area contributed by atoms with Crippen LogP contribution in [0, 0.1) is 5.92 Å². The van der Waals surface area contributed by atoms with Gasteiger partial charge in [-0.15, -0.1) is 6.58 Å². The molecule has 1 rings (SSSR count). The summed E-state index contributed by atoms with van der Waals surface area (Å²) in [4.78, 5) is 0. The van der Waals surface area contributed by atoms with Crippen molar-refractivity contribution in [3.05, 3.63) is 24.4 Å². The molecule has 0 aromatic heterocycles. The molecule has 0 radical (unpaired) electrons. The highest BCUT2D eigenvalue weighted by molar-refractivity contribution is 5.07. The molecule has 0 aliphatic carbocycles. The van der Waals surface area contributed by atoms with Gasteiger partial charge in [0.2, 0.25) is 0 Å². The van der Waals surface area contributed by atoms with Gasteiger partial charge in [-0.2, -0.15) is 0 Å². The molecule has 3 N–H and O–H groups in total. The van der Waals surface area contributed by atoms with E-state index in [1.165, 1.54) is 56.9 Å². The van der Waals surface area contributed by atoms with Crippen LogP contribution in [0.3, 0.4) is 0 Å². The van der Waals surface area contributed by atoms with E-state index >= 15 is 0 Å². The van der Waals surface area contributed by atoms with E-state index in [0.717, 1.165) is 19.4 Å². The van der Waals surface area contributed by atoms with Gasteiger partial charge in [-0.25, -0.2) is 0 Å². The molecular weight excluding hydrogens is 256 g/mol. The molecule has 2 heteroatoms. The number of nitrogens with two attached hydrogens (primary N) is 1. The Morgan fingerprint density at radius 2 is 1.86 bits per heavy atom. The zero-order chi connectivity index (χ0) is 15.6. The Morgan fingerprint density at radius 3 is 2.52 bits per heavy atom. The zero-order valence-electron chi connectivity index (χ0n) is 14.3. The monoisotopic (exact) mass is 292 g/mol. The molecule has 0 aromatic rings. The van der Waals surface area contributed by atoms with E-state index in [0.29, 0.717) is 5.92 Å². The molecule has 122 valence electrons. The summed E-state index contributed by atoms with van der Waals surface area (Å²) in [6.07, 6.45) is 17.1. The molecule has 2 nitrogen and oxygen atoms in total. The summed E-state index contributed by atoms with van der Waals surface area (Å²) in [5.41, 5.74) is 7.84. The minimum absolute atomic E-state index is 0.0899. The number of hydrogen-bond donors (Lipinski definition) is 2. The van der Waals surface area contributed by atoms with Gasteiger partial charge in [0.15, 0.2) is 0 Å². The zero-order valence-corrected chi connectivity index (χ0v) is 14.3. The highest BCUT2D eigenvalue weighted by atomic mass is 14.9. The van der Waals surface area contributed by atoms with Crippen LogP contribution in [0.25, 0.3) is 0 Å². The van der Waals surface area contributed by atoms with Gasteiger partial charge in [0.05, 0.1) is 0 Å². The van der Waals surface area contributed by atoms with Gasteiger partial charge < -0.3 is 11.1 Å². The number of hydrogen-bond acceptors (Lipinski definition) is 2. The predicted octanol–water partition coefficient (Wildman–Crippen LogP) is 4.91. The highest BCUT2D eigenvalue weighted by Gasteiger charge is 2.17. The molecule has 0 spiro atoms. The summed E-state index contributed by atoms with van der Waals surface area (Å²) in [6, 6.07) is 0. The average molecular weight is 293 g/mol. The Morgan fingerprint density at radius 1 is 1.24 bits per heavy atom. The first-order valence-electron chi connectivity index (χ1n) is 8.87. The van der Waals surface area contributed by atoms with Crippen LogP contribution in [-0.4, -0.2) is 12.1 Å². The summed E-state index contributed by atoms with van der Waals surface area (Å²) in [5.74, 6) is 0.590. The topological polar surface area (TPSA) is 38.0 Å². The van der Waals surface area contributed by atoms with Crippen LogP contribution in [0.1, 0.15) is 78.1 Å². The molecule has 0 bridgehead atoms. The third-order valence-corrected chi connectivity index (χ3v) is 4.66. The predicted molar refractivity (Wildman–Crippen MR) is 94.2 cm³/mol. The Balaban J connectivity index is 2.63. The Hall–Kier alpha value is -0.760. The SMILES string of the molecule is C=CCC(C)/C1=C/NCC(C)(N)CCCCCCCCC1. The van der Waals surface area contributed by atoms with E-state index in [9.17, 15) is 0 Å². The van der Waals surface area contributed by atoms with Crippen molar-refractivity contribution in [1.29, 1.82) is 0 Å². The van der Waals surface area contributed by atoms with Crippen molar-refractivity contribution < 1.29 is 0 Å². The molecule has 21 heavy (non-hydrogen) atoms. The second-order valence-corrected chi connectivity index (χ2v) is 7.15. The number of allylic oxidation sites excluding steroid dienone is 2. The second kappa shape index (κ2) is 10.0. The molecule has 0 fully saturated rings. The van der Waals surface area contributed by atoms with Crippen LogP contribution in [0.5, 0.6) is 0 Å². The third kappa shape index (κ3) is 8.31. The van der Waals surface area contributed by atoms with E-state index in [-0.39, 0.29) is 5.54 Å². The van der Waals surface area contributed by atoms with Crippen LogP contribution in [0.2, 0.25) is 0 Å². The Bertz CT molecular complexity index is 318. The maximum absolute atomic E-state index is 6.40. The standard InChI is InChI=1S/C19H36N2/c1-4-12-17(2)18-13-10-8-6-5-7-9-11-14-19(3,20)16-21-15-18/h4,15,17,21H,1,5-14,16,20H2,2-3H3/b18-15+. The summed E-state index contributed by atoms with van der Waals surface area (Å²) in [7, 11) is 0. The van der Waals surface area contributed by atoms with Gasteiger partial charge in [-0.1, -0.05) is 57.1 Å². The lowest BCUT2D eigenvalue weighted by molar-refractivity contribution is 0.395. The highest BCUT2D eigenvalue weighted by Crippen LogP contribution is 2.22. The van der Waals surface area contributed by atoms with E-state index in [2.05, 4.69) is 31.9 Å². The molecule has 1 heterocycles. The Labute approximate surface area is 132 Å². The molecule has 0 amide bonds. The van der Waals surface area contributed by atoms with E-state index in [1.807, 2.05) is 6.08 Å². The van der Waals surface area contributed by atoms with E-state index in [1.54, 1.807) is 0 Å². The second-order valence-electron chi connectivity index (χ2n) is 7.15. The van der Waals surface area contributed by atoms with Gasteiger partial charge in [0.1, 0.15) is 0 Å². The number of rotatable bonds is 3. The van der Waals surface area contributed by atoms with Crippen molar-refractivity contribution in [1.82, 2.24) is 5.32 Å². The molecule has 0 aromatic carbocycles. The van der Waals surface area contributed by atoms with E-state index in [4.69, 9.17) is 5.73 Å². The first-order chi connectivity index (χ1) is 10.0. The van der Waals surface area contributed by atoms with Crippen LogP contribution in [-0.2, 0) is 0 Å². The van der Waals surface area contributed by atoms with Gasteiger partial charge in [-0.3, -0.25) is 0 Å². The summed E-state index contributed by atoms with van der Waals surface area (Å²) >= 11 is 0. The van der Waals surface area contributed by atoms with Gasteiger partial charge in [0.25, 0.3) is 0 Å². The Kier molecular flexibility index (Phi) is 8.75. The summed E-state index contributed by atoms with van der Waals surface area (Å²) < 4.78 is 0. The summed E-state index contributed by atoms with van der Waals surface area (Å²) in [5, 5.41) is 3.50. The largest absolute Gasteiger partial charge is 0.389 e. The van der Waals surface area contributed by atoms with E-state index < -0.39 is 0 Å². The molecule has 1 aliphatic rings. The molecule has 0 saturated heterocycles. The minimum atomic E-state index is -0.0899. The van der Waals surface area contributed by atoms with Gasteiger partial charge >= 0.3 is 0 Å². The van der Waals surface area contributed by atoms with Crippen LogP contribution in [0.4, 0.5) is 0 Å². The van der Waals surface area contributed by atoms with Gasteiger partial charge in [-0.05, 0) is 44.7 Å². The van der Waals surface area contributed by atoms with Crippen molar-refractivity contribution in [2.24, 2.45) is 11.7 Å². The lowest BCUT2D eigenvalue weighted by Crippen LogP contribution is -2.44. The lowest BCUT2D eigenvalue weighted by atomic mass is 9.92. The fourth-order valence-electron chi connectivity index (χ4n) is 3.11. The fourth-order valence-corrected chi connectivity index (χ4v) is 3.11. The molecule has 0 saturated carbocycles. The molecule has 2 unspecified atom stereocenters. The normalized spacial score (nSPS) is 30.3. The van der Waals surface area contributed by atoms with Crippen molar-refractivity contribution in [2.45, 2.75) is 83.6 Å². The number of nitrogens with one attached hydrogen (secondary N) is 1. The first-order valence-corrected chi connectivity index (χ1v) is 8.87. The van der Waals surface area contributed by atoms with Crippen LogP contribution >= 0.6 is 0 Å². The van der Waals surface area contributed by atoms with Crippen molar-refractivity contribution in [3.8, 4) is 0 Å². The van der Waals surface area contributed by atoms with Crippen molar-refractivity contribution in [2.75, 3.05) is 6.54 Å². The fraction of sp³-hybridized carbons (Fsp3) is 0.789. The molecular formula is C19H36N2. The molecule has 1 aliphatic heterocycles.